The number of nitrogens with zero attached hydrogens (tertiary/aromatic N) is 5. The van der Waals surface area contributed by atoms with Gasteiger partial charge in [-0.2, -0.15) is 0 Å². The average Bonchev–Trinajstić information content (AvgIpc) is 3.43. The van der Waals surface area contributed by atoms with Crippen molar-refractivity contribution < 1.29 is 24.1 Å². The summed E-state index contributed by atoms with van der Waals surface area (Å²) >= 11 is 0. The Morgan fingerprint density at radius 3 is 2.58 bits per heavy atom. The smallest absolute Gasteiger partial charge is 0.252 e. The Morgan fingerprint density at radius 2 is 1.84 bits per heavy atom. The number of ether oxygens (including phenoxy) is 3. The van der Waals surface area contributed by atoms with Crippen molar-refractivity contribution in [3.8, 4) is 5.75 Å². The minimum atomic E-state index is -1.39. The summed E-state index contributed by atoms with van der Waals surface area (Å²) in [6.45, 7) is 4.57. The number of hydrogen-bond acceptors (Lipinski definition) is 8. The first-order valence-electron chi connectivity index (χ1n) is 14.5. The normalized spacial score (nSPS) is 20.0. The largest absolute Gasteiger partial charge is 0.494 e. The molecule has 1 saturated heterocycles. The number of aliphatic hydroxyl groups excluding tert-OH is 1. The molecular formula is C32H36N6O5. The second-order valence-corrected chi connectivity index (χ2v) is 10.4. The summed E-state index contributed by atoms with van der Waals surface area (Å²) in [6, 6.07) is 24.1. The number of nitrogens with one attached hydrogen (secondary N) is 1. The van der Waals surface area contributed by atoms with Crippen molar-refractivity contribution >= 4 is 17.5 Å². The molecule has 0 bridgehead atoms. The van der Waals surface area contributed by atoms with E-state index in [1.54, 1.807) is 24.3 Å². The lowest BCUT2D eigenvalue weighted by molar-refractivity contribution is -0.129. The first kappa shape index (κ1) is 30.1. The maximum atomic E-state index is 14.4. The second kappa shape index (κ2) is 14.7. The molecule has 0 radical (unpaired) electrons. The van der Waals surface area contributed by atoms with Gasteiger partial charge in [0.15, 0.2) is 11.6 Å². The molecule has 43 heavy (non-hydrogen) atoms. The fourth-order valence-electron chi connectivity index (χ4n) is 5.32. The molecule has 0 unspecified atom stereocenters. The Hall–Kier alpha value is -4.41. The zero-order valence-corrected chi connectivity index (χ0v) is 24.0. The van der Waals surface area contributed by atoms with Gasteiger partial charge in [-0.15, -0.1) is 0 Å². The van der Waals surface area contributed by atoms with Gasteiger partial charge in [-0.05, 0) is 35.4 Å². The fraction of sp³-hybridized carbons (Fsp3) is 0.375. The number of aliphatic hydroxyl groups is 1. The molecule has 224 valence electrons. The molecule has 2 heterocycles. The number of amides is 1. The standard InChI is InChI=1S/C32H36N6O5/c33-37-36-28-10-5-4-9-27(28)29-32(23-24-7-2-1-3-8-24,31(40)34-15-16-38-17-21-41-22-18-38)35-30(43-29)25-11-13-26(14-12-25)42-20-6-19-39/h1-5,7-14,29,39H,6,15-23H2,(H,34,40)/t29-,32-/m0/s1. The molecule has 3 aromatic rings. The summed E-state index contributed by atoms with van der Waals surface area (Å²) in [4.78, 5) is 24.7. The lowest BCUT2D eigenvalue weighted by atomic mass is 9.81. The Kier molecular flexibility index (Phi) is 10.2. The van der Waals surface area contributed by atoms with Gasteiger partial charge in [0, 0.05) is 67.4 Å². The molecule has 2 aliphatic rings. The molecule has 0 aliphatic carbocycles. The highest BCUT2D eigenvalue weighted by molar-refractivity contribution is 6.01. The van der Waals surface area contributed by atoms with Gasteiger partial charge >= 0.3 is 0 Å². The topological polar surface area (TPSA) is 141 Å². The minimum Gasteiger partial charge on any atom is -0.494 e. The molecule has 11 heteroatoms. The van der Waals surface area contributed by atoms with Crippen molar-refractivity contribution in [2.45, 2.75) is 24.5 Å². The first-order chi connectivity index (χ1) is 21.1. The Labute approximate surface area is 250 Å². The summed E-state index contributed by atoms with van der Waals surface area (Å²) in [5.74, 6) is 0.684. The number of azide groups is 1. The van der Waals surface area contributed by atoms with Crippen LogP contribution in [0.25, 0.3) is 10.4 Å². The van der Waals surface area contributed by atoms with E-state index in [0.29, 0.717) is 67.8 Å². The van der Waals surface area contributed by atoms with Crippen LogP contribution in [0.5, 0.6) is 5.75 Å². The number of carbonyl (C=O) groups excluding carboxylic acids is 1. The van der Waals surface area contributed by atoms with Gasteiger partial charge < -0.3 is 24.6 Å². The Balaban J connectivity index is 1.52. The van der Waals surface area contributed by atoms with Crippen molar-refractivity contribution in [2.75, 3.05) is 52.6 Å². The van der Waals surface area contributed by atoms with Crippen molar-refractivity contribution in [3.05, 3.63) is 106 Å². The number of aliphatic imine (C=N–C) groups is 1. The van der Waals surface area contributed by atoms with Gasteiger partial charge in [0.05, 0.1) is 19.8 Å². The molecule has 3 aromatic carbocycles. The molecule has 0 spiro atoms. The number of benzene rings is 3. The zero-order valence-electron chi connectivity index (χ0n) is 24.0. The van der Waals surface area contributed by atoms with Crippen LogP contribution < -0.4 is 10.1 Å². The van der Waals surface area contributed by atoms with E-state index < -0.39 is 11.6 Å². The summed E-state index contributed by atoms with van der Waals surface area (Å²) in [5, 5.41) is 16.1. The van der Waals surface area contributed by atoms with Crippen LogP contribution >= 0.6 is 0 Å². The predicted octanol–water partition coefficient (Wildman–Crippen LogP) is 4.34. The fourth-order valence-corrected chi connectivity index (χ4v) is 5.32. The molecule has 5 rings (SSSR count). The summed E-state index contributed by atoms with van der Waals surface area (Å²) in [6.07, 6.45) is -0.0709. The summed E-state index contributed by atoms with van der Waals surface area (Å²) in [5.41, 5.74) is 10.5. The lowest BCUT2D eigenvalue weighted by Gasteiger charge is -2.32. The van der Waals surface area contributed by atoms with Crippen LogP contribution in [-0.4, -0.2) is 80.0 Å². The average molecular weight is 585 g/mol. The van der Waals surface area contributed by atoms with Crippen LogP contribution in [0.3, 0.4) is 0 Å². The molecule has 1 amide bonds. The number of hydrogen-bond donors (Lipinski definition) is 2. The van der Waals surface area contributed by atoms with Crippen molar-refractivity contribution in [3.63, 3.8) is 0 Å². The number of rotatable bonds is 13. The van der Waals surface area contributed by atoms with Gasteiger partial charge in [0.2, 0.25) is 5.90 Å². The van der Waals surface area contributed by atoms with Crippen LogP contribution in [0, 0.1) is 0 Å². The molecule has 2 aliphatic heterocycles. The van der Waals surface area contributed by atoms with Crippen molar-refractivity contribution in [1.82, 2.24) is 10.2 Å². The van der Waals surface area contributed by atoms with Crippen LogP contribution in [0.4, 0.5) is 5.69 Å². The van der Waals surface area contributed by atoms with Crippen LogP contribution in [-0.2, 0) is 20.7 Å². The van der Waals surface area contributed by atoms with Crippen LogP contribution in [0.2, 0.25) is 0 Å². The molecule has 1 fully saturated rings. The third-order valence-electron chi connectivity index (χ3n) is 7.54. The molecule has 2 atom stereocenters. The van der Waals surface area contributed by atoms with Gasteiger partial charge in [-0.1, -0.05) is 59.7 Å². The third kappa shape index (κ3) is 7.33. The molecular weight excluding hydrogens is 548 g/mol. The van der Waals surface area contributed by atoms with E-state index in [1.165, 1.54) is 0 Å². The highest BCUT2D eigenvalue weighted by Crippen LogP contribution is 2.45. The number of morpholine rings is 1. The minimum absolute atomic E-state index is 0.0550. The Morgan fingerprint density at radius 1 is 1.09 bits per heavy atom. The van der Waals surface area contributed by atoms with E-state index in [-0.39, 0.29) is 18.9 Å². The van der Waals surface area contributed by atoms with E-state index in [4.69, 9.17) is 24.3 Å². The molecule has 0 aromatic heterocycles. The van der Waals surface area contributed by atoms with Gasteiger partial charge in [0.25, 0.3) is 5.91 Å². The predicted molar refractivity (Wildman–Crippen MR) is 162 cm³/mol. The third-order valence-corrected chi connectivity index (χ3v) is 7.54. The maximum Gasteiger partial charge on any atom is 0.252 e. The van der Waals surface area contributed by atoms with E-state index in [0.717, 1.165) is 18.7 Å². The zero-order chi connectivity index (χ0) is 29.9. The Bertz CT molecular complexity index is 1440. The molecule has 2 N–H and O–H groups in total. The maximum absolute atomic E-state index is 14.4. The molecule has 11 nitrogen and oxygen atoms in total. The first-order valence-corrected chi connectivity index (χ1v) is 14.5. The van der Waals surface area contributed by atoms with Gasteiger partial charge in [-0.25, -0.2) is 4.99 Å². The van der Waals surface area contributed by atoms with Crippen LogP contribution in [0.15, 0.2) is 89.0 Å². The van der Waals surface area contributed by atoms with E-state index in [1.807, 2.05) is 54.6 Å². The number of carbonyl (C=O) groups is 1. The summed E-state index contributed by atoms with van der Waals surface area (Å²) < 4.78 is 17.7. The quantitative estimate of drug-likeness (QED) is 0.133. The van der Waals surface area contributed by atoms with E-state index >= 15 is 0 Å². The van der Waals surface area contributed by atoms with E-state index in [9.17, 15) is 10.3 Å². The SMILES string of the molecule is [N-]=[N+]=Nc1ccccc1[C@@H]1OC(c2ccc(OCCCO)cc2)=N[C@]1(Cc1ccccc1)C(=O)NCCN1CCOCC1. The summed E-state index contributed by atoms with van der Waals surface area (Å²) in [7, 11) is 0. The molecule has 0 saturated carbocycles. The highest BCUT2D eigenvalue weighted by atomic mass is 16.5. The van der Waals surface area contributed by atoms with E-state index in [2.05, 4.69) is 20.2 Å². The highest BCUT2D eigenvalue weighted by Gasteiger charge is 2.53. The monoisotopic (exact) mass is 584 g/mol. The lowest BCUT2D eigenvalue weighted by Crippen LogP contribution is -2.51. The van der Waals surface area contributed by atoms with Gasteiger partial charge in [0.1, 0.15) is 5.75 Å². The van der Waals surface area contributed by atoms with Crippen LogP contribution in [0.1, 0.15) is 29.2 Å². The van der Waals surface area contributed by atoms with Gasteiger partial charge in [-0.3, -0.25) is 9.69 Å². The van der Waals surface area contributed by atoms with Crippen molar-refractivity contribution in [2.24, 2.45) is 10.1 Å². The second-order valence-electron chi connectivity index (χ2n) is 10.4. The van der Waals surface area contributed by atoms with Crippen molar-refractivity contribution in [1.29, 1.82) is 0 Å².